The van der Waals surface area contributed by atoms with Crippen LogP contribution in [0.4, 0.5) is 0 Å². The van der Waals surface area contributed by atoms with Crippen molar-refractivity contribution in [3.63, 3.8) is 0 Å². The van der Waals surface area contributed by atoms with Gasteiger partial charge in [0.25, 0.3) is 0 Å². The number of nitrogens with zero attached hydrogens (tertiary/aromatic N) is 2. The molecule has 0 bridgehead atoms. The highest BCUT2D eigenvalue weighted by atomic mass is 32.2. The van der Waals surface area contributed by atoms with E-state index in [4.69, 9.17) is 5.26 Å². The normalized spacial score (nSPS) is 23.6. The molecule has 1 aliphatic heterocycles. The standard InChI is InChI=1S/C14H18N2O3S/c1-11-8-16(9-13(11)10-17)20(18,19)14-4-2-12(3-5-14)6-7-15/h2-5,11,13,17H,6,8-10H2,1H3/t11-,13+/m1/s1. The van der Waals surface area contributed by atoms with Crippen molar-refractivity contribution in [3.05, 3.63) is 29.8 Å². The zero-order chi connectivity index (χ0) is 14.8. The van der Waals surface area contributed by atoms with Gasteiger partial charge >= 0.3 is 0 Å². The van der Waals surface area contributed by atoms with Gasteiger partial charge in [-0.1, -0.05) is 19.1 Å². The van der Waals surface area contributed by atoms with E-state index in [1.54, 1.807) is 24.3 Å². The minimum absolute atomic E-state index is 0.00244. The molecule has 1 fully saturated rings. The quantitative estimate of drug-likeness (QED) is 0.898. The van der Waals surface area contributed by atoms with Gasteiger partial charge in [-0.25, -0.2) is 8.42 Å². The van der Waals surface area contributed by atoms with Crippen LogP contribution in [0, 0.1) is 23.2 Å². The van der Waals surface area contributed by atoms with Crippen molar-refractivity contribution in [1.82, 2.24) is 4.31 Å². The van der Waals surface area contributed by atoms with Gasteiger partial charge in [0, 0.05) is 19.7 Å². The van der Waals surface area contributed by atoms with Crippen LogP contribution in [0.1, 0.15) is 12.5 Å². The average Bonchev–Trinajstić information content (AvgIpc) is 2.82. The van der Waals surface area contributed by atoms with Crippen molar-refractivity contribution < 1.29 is 13.5 Å². The number of hydrogen-bond acceptors (Lipinski definition) is 4. The van der Waals surface area contributed by atoms with Crippen molar-refractivity contribution in [3.8, 4) is 6.07 Å². The van der Waals surface area contributed by atoms with E-state index < -0.39 is 10.0 Å². The summed E-state index contributed by atoms with van der Waals surface area (Å²) in [5.74, 6) is 0.162. The first kappa shape index (κ1) is 15.0. The van der Waals surface area contributed by atoms with Crippen LogP contribution in [0.5, 0.6) is 0 Å². The largest absolute Gasteiger partial charge is 0.396 e. The summed E-state index contributed by atoms with van der Waals surface area (Å²) in [6, 6.07) is 8.44. The number of aliphatic hydroxyl groups excluding tert-OH is 1. The lowest BCUT2D eigenvalue weighted by Crippen LogP contribution is -2.29. The monoisotopic (exact) mass is 294 g/mol. The molecule has 1 N–H and O–H groups in total. The fraction of sp³-hybridized carbons (Fsp3) is 0.500. The summed E-state index contributed by atoms with van der Waals surface area (Å²) in [6.45, 7) is 2.76. The highest BCUT2D eigenvalue weighted by Crippen LogP contribution is 2.28. The van der Waals surface area contributed by atoms with Crippen molar-refractivity contribution in [2.75, 3.05) is 19.7 Å². The Morgan fingerprint density at radius 1 is 1.35 bits per heavy atom. The number of benzene rings is 1. The van der Waals surface area contributed by atoms with E-state index in [2.05, 4.69) is 0 Å². The number of aliphatic hydroxyl groups is 1. The summed E-state index contributed by atoms with van der Waals surface area (Å²) >= 11 is 0. The molecular formula is C14H18N2O3S. The Kier molecular flexibility index (Phi) is 4.43. The number of nitriles is 1. The Balaban J connectivity index is 2.21. The molecule has 2 atom stereocenters. The summed E-state index contributed by atoms with van der Waals surface area (Å²) in [7, 11) is -3.51. The average molecular weight is 294 g/mol. The molecule has 0 amide bonds. The molecule has 20 heavy (non-hydrogen) atoms. The van der Waals surface area contributed by atoms with Gasteiger partial charge in [-0.05, 0) is 29.5 Å². The molecule has 1 saturated heterocycles. The van der Waals surface area contributed by atoms with E-state index in [-0.39, 0.29) is 29.8 Å². The van der Waals surface area contributed by atoms with E-state index in [1.165, 1.54) is 4.31 Å². The highest BCUT2D eigenvalue weighted by molar-refractivity contribution is 7.89. The van der Waals surface area contributed by atoms with E-state index in [9.17, 15) is 13.5 Å². The van der Waals surface area contributed by atoms with Crippen LogP contribution in [0.15, 0.2) is 29.2 Å². The first-order valence-electron chi connectivity index (χ1n) is 6.56. The molecule has 1 aromatic carbocycles. The first-order valence-corrected chi connectivity index (χ1v) is 8.00. The van der Waals surface area contributed by atoms with Crippen LogP contribution in [0.3, 0.4) is 0 Å². The first-order chi connectivity index (χ1) is 9.48. The molecule has 0 radical (unpaired) electrons. The zero-order valence-corrected chi connectivity index (χ0v) is 12.2. The summed E-state index contributed by atoms with van der Waals surface area (Å²) in [4.78, 5) is 0.241. The third-order valence-corrected chi connectivity index (χ3v) is 5.66. The van der Waals surface area contributed by atoms with E-state index >= 15 is 0 Å². The van der Waals surface area contributed by atoms with Crippen molar-refractivity contribution in [2.45, 2.75) is 18.2 Å². The van der Waals surface area contributed by atoms with Gasteiger partial charge in [0.2, 0.25) is 10.0 Å². The van der Waals surface area contributed by atoms with Crippen LogP contribution in [-0.4, -0.2) is 37.5 Å². The van der Waals surface area contributed by atoms with Gasteiger partial charge < -0.3 is 5.11 Å². The van der Waals surface area contributed by atoms with Gasteiger partial charge in [0.05, 0.1) is 17.4 Å². The third kappa shape index (κ3) is 2.85. The lowest BCUT2D eigenvalue weighted by Gasteiger charge is -2.16. The van der Waals surface area contributed by atoms with Gasteiger partial charge in [-0.15, -0.1) is 0 Å². The molecule has 0 unspecified atom stereocenters. The molecule has 1 aliphatic rings. The van der Waals surface area contributed by atoms with E-state index in [1.807, 2.05) is 13.0 Å². The van der Waals surface area contributed by atoms with Crippen molar-refractivity contribution in [2.24, 2.45) is 11.8 Å². The van der Waals surface area contributed by atoms with E-state index in [0.29, 0.717) is 13.1 Å². The fourth-order valence-corrected chi connectivity index (χ4v) is 4.04. The molecule has 1 aromatic rings. The highest BCUT2D eigenvalue weighted by Gasteiger charge is 2.36. The lowest BCUT2D eigenvalue weighted by atomic mass is 10.00. The number of hydrogen-bond donors (Lipinski definition) is 1. The Hall–Kier alpha value is -1.42. The molecule has 0 aliphatic carbocycles. The predicted molar refractivity (Wildman–Crippen MR) is 74.3 cm³/mol. The molecular weight excluding hydrogens is 276 g/mol. The lowest BCUT2D eigenvalue weighted by molar-refractivity contribution is 0.210. The molecule has 2 rings (SSSR count). The topological polar surface area (TPSA) is 81.4 Å². The van der Waals surface area contributed by atoms with Gasteiger partial charge in [0.1, 0.15) is 0 Å². The molecule has 0 aromatic heterocycles. The van der Waals surface area contributed by atoms with Crippen LogP contribution >= 0.6 is 0 Å². The van der Waals surface area contributed by atoms with Crippen molar-refractivity contribution >= 4 is 10.0 Å². The van der Waals surface area contributed by atoms with Gasteiger partial charge in [-0.3, -0.25) is 0 Å². The van der Waals surface area contributed by atoms with Gasteiger partial charge in [-0.2, -0.15) is 9.57 Å². The summed E-state index contributed by atoms with van der Waals surface area (Å²) < 4.78 is 26.4. The second-order valence-corrected chi connectivity index (χ2v) is 7.16. The molecule has 108 valence electrons. The predicted octanol–water partition coefficient (Wildman–Crippen LogP) is 1.00. The smallest absolute Gasteiger partial charge is 0.243 e. The fourth-order valence-electron chi connectivity index (χ4n) is 2.44. The Bertz CT molecular complexity index is 604. The molecule has 1 heterocycles. The van der Waals surface area contributed by atoms with E-state index in [0.717, 1.165) is 5.56 Å². The van der Waals surface area contributed by atoms with Gasteiger partial charge in [0.15, 0.2) is 0 Å². The Labute approximate surface area is 119 Å². The van der Waals surface area contributed by atoms with Crippen LogP contribution in [-0.2, 0) is 16.4 Å². The minimum atomic E-state index is -3.51. The Morgan fingerprint density at radius 2 is 2.00 bits per heavy atom. The molecule has 5 nitrogen and oxygen atoms in total. The maximum Gasteiger partial charge on any atom is 0.243 e. The zero-order valence-electron chi connectivity index (χ0n) is 11.4. The molecule has 0 spiro atoms. The Morgan fingerprint density at radius 3 is 2.50 bits per heavy atom. The molecule has 6 heteroatoms. The van der Waals surface area contributed by atoms with Crippen LogP contribution in [0.25, 0.3) is 0 Å². The maximum atomic E-state index is 12.5. The van der Waals surface area contributed by atoms with Crippen LogP contribution < -0.4 is 0 Å². The van der Waals surface area contributed by atoms with Crippen molar-refractivity contribution in [1.29, 1.82) is 5.26 Å². The second kappa shape index (κ2) is 5.92. The second-order valence-electron chi connectivity index (χ2n) is 5.22. The minimum Gasteiger partial charge on any atom is -0.396 e. The number of sulfonamides is 1. The summed E-state index contributed by atoms with van der Waals surface area (Å²) in [5.41, 5.74) is 0.800. The number of rotatable bonds is 4. The SMILES string of the molecule is C[C@@H]1CN(S(=O)(=O)c2ccc(CC#N)cc2)C[C@H]1CO. The summed E-state index contributed by atoms with van der Waals surface area (Å²) in [5, 5.41) is 17.8. The summed E-state index contributed by atoms with van der Waals surface area (Å²) in [6.07, 6.45) is 0.271. The molecule has 0 saturated carbocycles. The third-order valence-electron chi connectivity index (χ3n) is 3.81. The maximum absolute atomic E-state index is 12.5. The van der Waals surface area contributed by atoms with Crippen LogP contribution in [0.2, 0.25) is 0 Å².